The first-order valence-corrected chi connectivity index (χ1v) is 5.78. The number of benzene rings is 1. The van der Waals surface area contributed by atoms with Crippen molar-refractivity contribution in [3.8, 4) is 5.75 Å². The molecule has 0 saturated heterocycles. The van der Waals surface area contributed by atoms with E-state index in [2.05, 4.69) is 32.3 Å². The summed E-state index contributed by atoms with van der Waals surface area (Å²) >= 11 is 2.05. The highest BCUT2D eigenvalue weighted by Gasteiger charge is 2.12. The minimum atomic E-state index is -1.01. The Hall–Kier alpha value is -1.57. The lowest BCUT2D eigenvalue weighted by Gasteiger charge is -2.08. The van der Waals surface area contributed by atoms with Crippen LogP contribution in [0.15, 0.2) is 35.2 Å². The Bertz CT molecular complexity index is 524. The molecule has 0 saturated carbocycles. The lowest BCUT2D eigenvalue weighted by molar-refractivity contribution is 0.0691. The van der Waals surface area contributed by atoms with Crippen molar-refractivity contribution in [3.05, 3.63) is 45.4 Å². The Morgan fingerprint density at radius 3 is 3.00 bits per heavy atom. The summed E-state index contributed by atoms with van der Waals surface area (Å²) in [6.07, 6.45) is 2.97. The van der Waals surface area contributed by atoms with Crippen LogP contribution in [0.4, 0.5) is 0 Å². The predicted molar refractivity (Wildman–Crippen MR) is 67.0 cm³/mol. The topological polar surface area (TPSA) is 72.6 Å². The second kappa shape index (κ2) is 5.17. The van der Waals surface area contributed by atoms with E-state index in [-0.39, 0.29) is 12.2 Å². The summed E-state index contributed by atoms with van der Waals surface area (Å²) in [5.41, 5.74) is 0.897. The molecular weight excluding hydrogens is 337 g/mol. The van der Waals surface area contributed by atoms with Crippen molar-refractivity contribution >= 4 is 28.6 Å². The number of aromatic carboxylic acids is 1. The molecule has 0 atom stereocenters. The molecule has 5 nitrogen and oxygen atoms in total. The molecule has 1 aromatic carbocycles. The third-order valence-corrected chi connectivity index (χ3v) is 2.72. The number of halogens is 1. The lowest BCUT2D eigenvalue weighted by atomic mass is 10.2. The fraction of sp³-hybridized carbons (Fsp3) is 0.0909. The van der Waals surface area contributed by atoms with Gasteiger partial charge in [0.05, 0.1) is 6.20 Å². The number of carboxylic acids is 1. The number of carboxylic acid groups (broad SMARTS) is 1. The monoisotopic (exact) mass is 345 g/mol. The first kappa shape index (κ1) is 11.9. The fourth-order valence-electron chi connectivity index (χ4n) is 1.25. The third-order valence-electron chi connectivity index (χ3n) is 2.05. The maximum Gasteiger partial charge on any atom is 0.339 e. The predicted octanol–water partition coefficient (Wildman–Crippen LogP) is 2.56. The van der Waals surface area contributed by atoms with E-state index in [4.69, 9.17) is 9.84 Å². The summed E-state index contributed by atoms with van der Waals surface area (Å²) < 4.78 is 10.9. The first-order valence-electron chi connectivity index (χ1n) is 4.70. The van der Waals surface area contributed by atoms with Crippen LogP contribution >= 0.6 is 22.6 Å². The Balaban J connectivity index is 2.17. The van der Waals surface area contributed by atoms with Crippen LogP contribution in [-0.4, -0.2) is 16.2 Å². The molecule has 1 N–H and O–H groups in total. The number of ether oxygens (including phenoxy) is 1. The summed E-state index contributed by atoms with van der Waals surface area (Å²) in [7, 11) is 0. The number of carbonyl (C=O) groups is 1. The number of aromatic nitrogens is 1. The van der Waals surface area contributed by atoms with Gasteiger partial charge in [-0.2, -0.15) is 0 Å². The van der Waals surface area contributed by atoms with Gasteiger partial charge in [0.1, 0.15) is 24.2 Å². The van der Waals surface area contributed by atoms with Gasteiger partial charge in [-0.15, -0.1) is 0 Å². The molecule has 17 heavy (non-hydrogen) atoms. The average Bonchev–Trinajstić information content (AvgIpc) is 2.80. The minimum Gasteiger partial charge on any atom is -0.488 e. The van der Waals surface area contributed by atoms with Gasteiger partial charge in [-0.3, -0.25) is 0 Å². The van der Waals surface area contributed by atoms with E-state index >= 15 is 0 Å². The second-order valence-electron chi connectivity index (χ2n) is 3.27. The minimum absolute atomic E-state index is 0.147. The molecule has 0 unspecified atom stereocenters. The highest BCUT2D eigenvalue weighted by molar-refractivity contribution is 14.1. The average molecular weight is 345 g/mol. The van der Waals surface area contributed by atoms with Gasteiger partial charge in [0.15, 0.2) is 0 Å². The van der Waals surface area contributed by atoms with Crippen LogP contribution in [0.25, 0.3) is 0 Å². The Morgan fingerprint density at radius 1 is 1.53 bits per heavy atom. The van der Waals surface area contributed by atoms with Crippen LogP contribution in [0.1, 0.15) is 15.9 Å². The molecule has 1 aromatic heterocycles. The molecule has 2 aromatic rings. The van der Waals surface area contributed by atoms with E-state index in [9.17, 15) is 4.79 Å². The van der Waals surface area contributed by atoms with Crippen LogP contribution < -0.4 is 4.74 Å². The third kappa shape index (κ3) is 2.96. The van der Waals surface area contributed by atoms with Crippen LogP contribution in [0.5, 0.6) is 5.75 Å². The molecule has 0 bridgehead atoms. The van der Waals surface area contributed by atoms with Gasteiger partial charge < -0.3 is 14.4 Å². The van der Waals surface area contributed by atoms with Gasteiger partial charge in [0, 0.05) is 9.13 Å². The fourth-order valence-corrected chi connectivity index (χ4v) is 1.75. The molecule has 0 fully saturated rings. The lowest BCUT2D eigenvalue weighted by Crippen LogP contribution is -2.03. The SMILES string of the molecule is O=C(O)c1cc(I)ccc1OCc1cnoc1. The second-order valence-corrected chi connectivity index (χ2v) is 4.51. The number of rotatable bonds is 4. The normalized spacial score (nSPS) is 10.2. The maximum atomic E-state index is 11.0. The summed E-state index contributed by atoms with van der Waals surface area (Å²) in [6.45, 7) is 0.227. The highest BCUT2D eigenvalue weighted by atomic mass is 127. The highest BCUT2D eigenvalue weighted by Crippen LogP contribution is 2.22. The Kier molecular flexibility index (Phi) is 3.62. The van der Waals surface area contributed by atoms with E-state index in [1.807, 2.05) is 0 Å². The zero-order chi connectivity index (χ0) is 12.3. The molecule has 1 heterocycles. The van der Waals surface area contributed by atoms with Gasteiger partial charge in [0.2, 0.25) is 0 Å². The standard InChI is InChI=1S/C11H8INO4/c12-8-1-2-10(9(3-8)11(14)15)16-5-7-4-13-17-6-7/h1-4,6H,5H2,(H,14,15). The van der Waals surface area contributed by atoms with E-state index in [1.165, 1.54) is 12.5 Å². The Labute approximate surface area is 111 Å². The zero-order valence-electron chi connectivity index (χ0n) is 8.59. The molecule has 2 rings (SSSR count). The van der Waals surface area contributed by atoms with Crippen molar-refractivity contribution in [2.75, 3.05) is 0 Å². The van der Waals surface area contributed by atoms with Crippen molar-refractivity contribution in [2.45, 2.75) is 6.61 Å². The molecule has 0 spiro atoms. The van der Waals surface area contributed by atoms with Crippen molar-refractivity contribution in [3.63, 3.8) is 0 Å². The molecule has 6 heteroatoms. The van der Waals surface area contributed by atoms with Gasteiger partial charge in [0.25, 0.3) is 0 Å². The summed E-state index contributed by atoms with van der Waals surface area (Å²) in [5.74, 6) is -0.678. The van der Waals surface area contributed by atoms with Gasteiger partial charge in [-0.1, -0.05) is 5.16 Å². The largest absolute Gasteiger partial charge is 0.488 e. The van der Waals surface area contributed by atoms with Crippen LogP contribution in [0.3, 0.4) is 0 Å². The summed E-state index contributed by atoms with van der Waals surface area (Å²) in [4.78, 5) is 11.0. The van der Waals surface area contributed by atoms with Crippen molar-refractivity contribution in [2.24, 2.45) is 0 Å². The van der Waals surface area contributed by atoms with Crippen LogP contribution in [0.2, 0.25) is 0 Å². The molecule has 0 amide bonds. The van der Waals surface area contributed by atoms with E-state index in [1.54, 1.807) is 18.2 Å². The number of hydrogen-bond donors (Lipinski definition) is 1. The van der Waals surface area contributed by atoms with Crippen molar-refractivity contribution < 1.29 is 19.2 Å². The van der Waals surface area contributed by atoms with Gasteiger partial charge in [-0.05, 0) is 40.8 Å². The summed E-state index contributed by atoms with van der Waals surface area (Å²) in [5, 5.41) is 12.6. The smallest absolute Gasteiger partial charge is 0.339 e. The van der Waals surface area contributed by atoms with E-state index in [0.29, 0.717) is 5.75 Å². The van der Waals surface area contributed by atoms with Gasteiger partial charge in [-0.25, -0.2) is 4.79 Å². The summed E-state index contributed by atoms with van der Waals surface area (Å²) in [6, 6.07) is 4.99. The number of hydrogen-bond acceptors (Lipinski definition) is 4. The quantitative estimate of drug-likeness (QED) is 0.863. The van der Waals surface area contributed by atoms with Crippen LogP contribution in [-0.2, 0) is 6.61 Å². The zero-order valence-corrected chi connectivity index (χ0v) is 10.7. The van der Waals surface area contributed by atoms with Crippen molar-refractivity contribution in [1.82, 2.24) is 5.16 Å². The van der Waals surface area contributed by atoms with E-state index in [0.717, 1.165) is 9.13 Å². The molecule has 0 aliphatic heterocycles. The number of nitrogens with zero attached hydrogens (tertiary/aromatic N) is 1. The molecule has 0 aliphatic rings. The van der Waals surface area contributed by atoms with Crippen LogP contribution in [0, 0.1) is 3.57 Å². The van der Waals surface area contributed by atoms with Crippen molar-refractivity contribution in [1.29, 1.82) is 0 Å². The van der Waals surface area contributed by atoms with E-state index < -0.39 is 5.97 Å². The van der Waals surface area contributed by atoms with Gasteiger partial charge >= 0.3 is 5.97 Å². The molecule has 0 aliphatic carbocycles. The molecule has 88 valence electrons. The Morgan fingerprint density at radius 2 is 2.35 bits per heavy atom. The molecular formula is C11H8INO4. The maximum absolute atomic E-state index is 11.0. The molecule has 0 radical (unpaired) electrons. The first-order chi connectivity index (χ1) is 8.16.